The summed E-state index contributed by atoms with van der Waals surface area (Å²) in [5.41, 5.74) is 7.19. The second kappa shape index (κ2) is 7.25. The molecule has 1 aromatic heterocycles. The number of rotatable bonds is 3. The van der Waals surface area contributed by atoms with Gasteiger partial charge in [-0.1, -0.05) is 37.3 Å². The Morgan fingerprint density at radius 2 is 2.10 bits per heavy atom. The summed E-state index contributed by atoms with van der Waals surface area (Å²) in [6, 6.07) is 10.9. The average molecular weight is 324 g/mol. The van der Waals surface area contributed by atoms with Gasteiger partial charge in [0.2, 0.25) is 0 Å². The van der Waals surface area contributed by atoms with E-state index in [-0.39, 0.29) is 12.4 Å². The van der Waals surface area contributed by atoms with Crippen molar-refractivity contribution in [1.82, 2.24) is 9.88 Å². The molecule has 0 amide bonds. The van der Waals surface area contributed by atoms with Crippen LogP contribution < -0.4 is 5.73 Å². The van der Waals surface area contributed by atoms with Crippen LogP contribution in [-0.2, 0) is 6.54 Å². The van der Waals surface area contributed by atoms with E-state index in [1.807, 2.05) is 6.20 Å². The van der Waals surface area contributed by atoms with Gasteiger partial charge in [0.25, 0.3) is 0 Å². The van der Waals surface area contributed by atoms with Crippen molar-refractivity contribution in [2.45, 2.75) is 25.8 Å². The van der Waals surface area contributed by atoms with Gasteiger partial charge in [-0.15, -0.1) is 23.7 Å². The summed E-state index contributed by atoms with van der Waals surface area (Å²) in [7, 11) is 0. The van der Waals surface area contributed by atoms with Crippen LogP contribution in [-0.4, -0.2) is 23.0 Å². The van der Waals surface area contributed by atoms with Crippen molar-refractivity contribution < 1.29 is 0 Å². The first kappa shape index (κ1) is 16.3. The number of nitrogens with zero attached hydrogens (tertiary/aromatic N) is 2. The zero-order valence-electron chi connectivity index (χ0n) is 12.2. The van der Waals surface area contributed by atoms with E-state index in [1.165, 1.54) is 16.9 Å². The highest BCUT2D eigenvalue weighted by molar-refractivity contribution is 7.15. The number of hydrogen-bond acceptors (Lipinski definition) is 4. The first-order chi connectivity index (χ1) is 9.72. The summed E-state index contributed by atoms with van der Waals surface area (Å²) in [4.78, 5) is 7.93. The van der Waals surface area contributed by atoms with E-state index < -0.39 is 0 Å². The monoisotopic (exact) mass is 323 g/mol. The van der Waals surface area contributed by atoms with Crippen molar-refractivity contribution in [2.24, 2.45) is 5.92 Å². The Morgan fingerprint density at radius 1 is 1.33 bits per heavy atom. The summed E-state index contributed by atoms with van der Waals surface area (Å²) < 4.78 is 0. The number of thiazole rings is 1. The Hall–Kier alpha value is -1.10. The fraction of sp³-hybridized carbons (Fsp3) is 0.438. The summed E-state index contributed by atoms with van der Waals surface area (Å²) in [6.07, 6.45) is 3.15. The van der Waals surface area contributed by atoms with E-state index >= 15 is 0 Å². The molecule has 5 heteroatoms. The van der Waals surface area contributed by atoms with Crippen molar-refractivity contribution in [3.05, 3.63) is 47.0 Å². The largest absolute Gasteiger partial charge is 0.375 e. The molecule has 2 atom stereocenters. The number of anilines is 1. The van der Waals surface area contributed by atoms with E-state index in [4.69, 9.17) is 5.73 Å². The smallest absolute Gasteiger partial charge is 0.180 e. The lowest BCUT2D eigenvalue weighted by molar-refractivity contribution is 0.157. The van der Waals surface area contributed by atoms with Gasteiger partial charge in [-0.3, -0.25) is 4.90 Å². The van der Waals surface area contributed by atoms with Crippen molar-refractivity contribution in [3.8, 4) is 0 Å². The van der Waals surface area contributed by atoms with E-state index in [0.717, 1.165) is 19.6 Å². The fourth-order valence-corrected chi connectivity index (χ4v) is 3.91. The third-order valence-corrected chi connectivity index (χ3v) is 4.98. The van der Waals surface area contributed by atoms with Gasteiger partial charge < -0.3 is 5.73 Å². The third-order valence-electron chi connectivity index (χ3n) is 4.17. The Labute approximate surface area is 136 Å². The molecule has 3 rings (SSSR count). The van der Waals surface area contributed by atoms with Gasteiger partial charge in [-0.05, 0) is 30.4 Å². The predicted molar refractivity (Wildman–Crippen MR) is 92.0 cm³/mol. The van der Waals surface area contributed by atoms with Crippen LogP contribution in [0.3, 0.4) is 0 Å². The second-order valence-corrected chi connectivity index (χ2v) is 6.83. The molecular weight excluding hydrogens is 302 g/mol. The lowest BCUT2D eigenvalue weighted by Crippen LogP contribution is -2.37. The number of hydrogen-bond donors (Lipinski definition) is 1. The van der Waals surface area contributed by atoms with Gasteiger partial charge in [0.05, 0.1) is 0 Å². The number of nitrogen functional groups attached to an aromatic ring is 1. The molecule has 1 saturated heterocycles. The summed E-state index contributed by atoms with van der Waals surface area (Å²) in [5.74, 6) is 1.38. The minimum Gasteiger partial charge on any atom is -0.375 e. The second-order valence-electron chi connectivity index (χ2n) is 5.68. The van der Waals surface area contributed by atoms with Crippen molar-refractivity contribution in [1.29, 1.82) is 0 Å². The Morgan fingerprint density at radius 3 is 2.71 bits per heavy atom. The molecule has 0 bridgehead atoms. The van der Waals surface area contributed by atoms with Crippen LogP contribution in [0.25, 0.3) is 0 Å². The van der Waals surface area contributed by atoms with Crippen LogP contribution in [0, 0.1) is 5.92 Å². The molecule has 0 aliphatic carbocycles. The summed E-state index contributed by atoms with van der Waals surface area (Å²) in [6.45, 7) is 5.66. The Bertz CT molecular complexity index is 558. The van der Waals surface area contributed by atoms with Gasteiger partial charge in [-0.25, -0.2) is 4.98 Å². The molecular formula is C16H22ClN3S. The van der Waals surface area contributed by atoms with Gasteiger partial charge >= 0.3 is 0 Å². The number of piperidine rings is 1. The molecule has 1 fully saturated rings. The highest BCUT2D eigenvalue weighted by atomic mass is 35.5. The zero-order chi connectivity index (χ0) is 13.9. The SMILES string of the molecule is CC1CN(Cc2cnc(N)s2)CCC1c1ccccc1.Cl. The minimum absolute atomic E-state index is 0. The van der Waals surface area contributed by atoms with Crippen LogP contribution >= 0.6 is 23.7 Å². The van der Waals surface area contributed by atoms with Crippen molar-refractivity contribution in [3.63, 3.8) is 0 Å². The maximum Gasteiger partial charge on any atom is 0.180 e. The van der Waals surface area contributed by atoms with E-state index in [2.05, 4.69) is 47.1 Å². The topological polar surface area (TPSA) is 42.2 Å². The quantitative estimate of drug-likeness (QED) is 0.934. The molecule has 1 aliphatic rings. The highest BCUT2D eigenvalue weighted by Crippen LogP contribution is 2.33. The molecule has 1 aliphatic heterocycles. The minimum atomic E-state index is 0. The number of nitrogens with two attached hydrogens (primary N) is 1. The van der Waals surface area contributed by atoms with Crippen LogP contribution in [0.2, 0.25) is 0 Å². The average Bonchev–Trinajstić information content (AvgIpc) is 2.85. The normalized spacial score (nSPS) is 22.7. The Kier molecular flexibility index (Phi) is 5.62. The molecule has 1 aromatic carbocycles. The molecule has 21 heavy (non-hydrogen) atoms. The van der Waals surface area contributed by atoms with E-state index in [1.54, 1.807) is 11.3 Å². The van der Waals surface area contributed by atoms with Gasteiger partial charge in [0, 0.05) is 24.2 Å². The molecule has 3 nitrogen and oxygen atoms in total. The number of benzene rings is 1. The van der Waals surface area contributed by atoms with E-state index in [9.17, 15) is 0 Å². The lowest BCUT2D eigenvalue weighted by atomic mass is 9.81. The van der Waals surface area contributed by atoms with Crippen LogP contribution in [0.5, 0.6) is 0 Å². The zero-order valence-corrected chi connectivity index (χ0v) is 13.9. The van der Waals surface area contributed by atoms with Gasteiger partial charge in [0.15, 0.2) is 5.13 Å². The van der Waals surface area contributed by atoms with Crippen LogP contribution in [0.4, 0.5) is 5.13 Å². The molecule has 114 valence electrons. The summed E-state index contributed by atoms with van der Waals surface area (Å²) in [5, 5.41) is 0.673. The molecule has 0 radical (unpaired) electrons. The molecule has 0 saturated carbocycles. The van der Waals surface area contributed by atoms with Crippen LogP contribution in [0.15, 0.2) is 36.5 Å². The first-order valence-electron chi connectivity index (χ1n) is 7.20. The van der Waals surface area contributed by atoms with Gasteiger partial charge in [-0.2, -0.15) is 0 Å². The molecule has 2 N–H and O–H groups in total. The third kappa shape index (κ3) is 3.96. The van der Waals surface area contributed by atoms with Crippen LogP contribution in [0.1, 0.15) is 29.7 Å². The van der Waals surface area contributed by atoms with Crippen molar-refractivity contribution >= 4 is 28.9 Å². The standard InChI is InChI=1S/C16H21N3S.ClH/c1-12-10-19(11-14-9-18-16(17)20-14)8-7-15(12)13-5-3-2-4-6-13;/h2-6,9,12,15H,7-8,10-11H2,1H3,(H2,17,18);1H. The van der Waals surface area contributed by atoms with Crippen molar-refractivity contribution in [2.75, 3.05) is 18.8 Å². The number of likely N-dealkylation sites (tertiary alicyclic amines) is 1. The molecule has 0 spiro atoms. The lowest BCUT2D eigenvalue weighted by Gasteiger charge is -2.37. The van der Waals surface area contributed by atoms with E-state index in [0.29, 0.717) is 17.0 Å². The number of aromatic nitrogens is 1. The Balaban J connectivity index is 0.00000161. The fourth-order valence-electron chi connectivity index (χ4n) is 3.19. The molecule has 2 heterocycles. The molecule has 2 aromatic rings. The first-order valence-corrected chi connectivity index (χ1v) is 8.01. The maximum atomic E-state index is 5.70. The predicted octanol–water partition coefficient (Wildman–Crippen LogP) is 3.77. The summed E-state index contributed by atoms with van der Waals surface area (Å²) >= 11 is 1.60. The maximum absolute atomic E-state index is 5.70. The highest BCUT2D eigenvalue weighted by Gasteiger charge is 2.27. The number of halogens is 1. The van der Waals surface area contributed by atoms with Gasteiger partial charge in [0.1, 0.15) is 0 Å². The molecule has 2 unspecified atom stereocenters.